The molecular weight excluding hydrogens is 673 g/mol. The Morgan fingerprint density at radius 3 is 1.67 bits per heavy atom. The van der Waals surface area contributed by atoms with Crippen LogP contribution in [0.5, 0.6) is 0 Å². The van der Waals surface area contributed by atoms with E-state index in [-0.39, 0.29) is 48.6 Å². The van der Waals surface area contributed by atoms with Crippen molar-refractivity contribution in [1.82, 2.24) is 21.3 Å². The number of hydrogen-bond acceptors (Lipinski definition) is 8. The van der Waals surface area contributed by atoms with Crippen LogP contribution < -0.4 is 21.3 Å². The number of rotatable bonds is 18. The zero-order chi connectivity index (χ0) is 38.6. The van der Waals surface area contributed by atoms with Crippen LogP contribution in [0.15, 0.2) is 33.9 Å². The lowest BCUT2D eigenvalue weighted by Gasteiger charge is -2.39. The van der Waals surface area contributed by atoms with Gasteiger partial charge in [-0.1, -0.05) is 47.1 Å². The number of carboxylic acids is 1. The van der Waals surface area contributed by atoms with Crippen LogP contribution in [0, 0.1) is 23.2 Å². The van der Waals surface area contributed by atoms with E-state index in [9.17, 15) is 39.0 Å². The van der Waals surface area contributed by atoms with Crippen LogP contribution in [-0.2, 0) is 28.8 Å². The number of fused-ring (bicyclic) bond motifs is 1. The molecule has 0 aromatic rings. The third-order valence-electron chi connectivity index (χ3n) is 10.1. The lowest BCUT2D eigenvalue weighted by Crippen LogP contribution is -2.58. The topological polar surface area (TPSA) is 191 Å². The number of hydrogen-bond donors (Lipinski definition) is 6. The molecule has 1 saturated carbocycles. The molecule has 6 N–H and O–H groups in total. The first kappa shape index (κ1) is 42.0. The van der Waals surface area contributed by atoms with Gasteiger partial charge in [0.15, 0.2) is 5.78 Å². The van der Waals surface area contributed by atoms with E-state index in [1.807, 2.05) is 61.5 Å². The lowest BCUT2D eigenvalue weighted by atomic mass is 9.67. The number of thioether (sulfide) groups is 1. The van der Waals surface area contributed by atoms with Crippen molar-refractivity contribution < 1.29 is 39.0 Å². The maximum absolute atomic E-state index is 13.7. The van der Waals surface area contributed by atoms with Crippen molar-refractivity contribution in [1.29, 1.82) is 0 Å². The largest absolute Gasteiger partial charge is 0.480 e. The van der Waals surface area contributed by atoms with Crippen LogP contribution in [0.25, 0.3) is 0 Å². The molecule has 0 radical (unpaired) electrons. The number of aliphatic hydroxyl groups is 1. The first-order valence-electron chi connectivity index (χ1n) is 18.0. The molecule has 3 rings (SSSR count). The van der Waals surface area contributed by atoms with Crippen molar-refractivity contribution >= 4 is 47.1 Å². The molecule has 0 bridgehead atoms. The molecule has 4 amide bonds. The van der Waals surface area contributed by atoms with Crippen LogP contribution in [0.3, 0.4) is 0 Å². The zero-order valence-electron chi connectivity index (χ0n) is 31.8. The Bertz CT molecular complexity index is 1500. The van der Waals surface area contributed by atoms with Crippen LogP contribution in [0.2, 0.25) is 0 Å². The van der Waals surface area contributed by atoms with Gasteiger partial charge < -0.3 is 31.5 Å². The molecule has 0 saturated heterocycles. The van der Waals surface area contributed by atoms with Crippen molar-refractivity contribution in [3.8, 4) is 0 Å². The lowest BCUT2D eigenvalue weighted by molar-refractivity contribution is -0.143. The van der Waals surface area contributed by atoms with Gasteiger partial charge in [0.1, 0.15) is 29.8 Å². The number of carbonyl (C=O) groups is 6. The first-order chi connectivity index (χ1) is 23.6. The highest BCUT2D eigenvalue weighted by Crippen LogP contribution is 2.65. The first-order valence-corrected chi connectivity index (χ1v) is 19.2. The number of amides is 4. The van der Waals surface area contributed by atoms with E-state index in [1.54, 1.807) is 6.92 Å². The van der Waals surface area contributed by atoms with Crippen molar-refractivity contribution in [2.75, 3.05) is 11.5 Å². The summed E-state index contributed by atoms with van der Waals surface area (Å²) < 4.78 is 0. The van der Waals surface area contributed by atoms with Gasteiger partial charge in [0, 0.05) is 29.4 Å². The molecule has 5 atom stereocenters. The smallest absolute Gasteiger partial charge is 0.326 e. The molecule has 0 aromatic heterocycles. The van der Waals surface area contributed by atoms with Gasteiger partial charge in [-0.05, 0) is 93.4 Å². The van der Waals surface area contributed by atoms with E-state index in [4.69, 9.17) is 0 Å². The Balaban J connectivity index is 1.74. The Kier molecular flexibility index (Phi) is 13.9. The second-order valence-corrected chi connectivity index (χ2v) is 16.9. The highest BCUT2D eigenvalue weighted by Gasteiger charge is 2.65. The van der Waals surface area contributed by atoms with Gasteiger partial charge >= 0.3 is 5.97 Å². The van der Waals surface area contributed by atoms with Crippen molar-refractivity contribution in [3.05, 3.63) is 33.9 Å². The average molecular weight is 731 g/mol. The van der Waals surface area contributed by atoms with Gasteiger partial charge in [0.2, 0.25) is 23.6 Å². The summed E-state index contributed by atoms with van der Waals surface area (Å²) in [6.07, 6.45) is 4.05. The quantitative estimate of drug-likeness (QED) is 0.122. The summed E-state index contributed by atoms with van der Waals surface area (Å²) in [6, 6.07) is -4.14. The van der Waals surface area contributed by atoms with Gasteiger partial charge in [-0.15, -0.1) is 0 Å². The predicted octanol–water partition coefficient (Wildman–Crippen LogP) is 3.59. The number of Topliss-reactive ketones (excluding diaryl/α,β-unsaturated/α-hetero) is 1. The molecule has 0 aromatic carbocycles. The standard InChI is InChI=1S/C38H58N4O8S/c1-19(2)13-27(33(45)40-28(14-20(3)4)34(46)42-29(36(48)49)15-21(5)6)41-35(47)30(39-24(9)43)18-51-17-26-22(7)16-25-31(26)23(8)38(11-12-38)37(10,50)32(25)44/h16,19-21,27-30,50H,11-15,17-18H2,1-10H3,(H,39,43)(H,40,45)(H,41,47)(H,42,46)(H,48,49)/t27-,28-,29-,30-,37-/m0/s1. The monoisotopic (exact) mass is 730 g/mol. The minimum absolute atomic E-state index is 0.00659. The van der Waals surface area contributed by atoms with Gasteiger partial charge in [0.05, 0.1) is 0 Å². The second-order valence-electron chi connectivity index (χ2n) is 15.9. The molecule has 284 valence electrons. The van der Waals surface area contributed by atoms with Gasteiger partial charge in [-0.2, -0.15) is 11.8 Å². The fraction of sp³-hybridized carbons (Fsp3) is 0.684. The number of ketones is 1. The molecule has 1 fully saturated rings. The number of carboxylic acid groups (broad SMARTS) is 1. The molecule has 0 heterocycles. The summed E-state index contributed by atoms with van der Waals surface area (Å²) in [5.41, 5.74) is 2.29. The van der Waals surface area contributed by atoms with E-state index < -0.39 is 64.8 Å². The van der Waals surface area contributed by atoms with Crippen molar-refractivity contribution in [3.63, 3.8) is 0 Å². The minimum atomic E-state index is -1.45. The average Bonchev–Trinajstić information content (AvgIpc) is 3.76. The minimum Gasteiger partial charge on any atom is -0.480 e. The van der Waals surface area contributed by atoms with E-state index in [0.29, 0.717) is 11.3 Å². The summed E-state index contributed by atoms with van der Waals surface area (Å²) in [4.78, 5) is 78.1. The molecule has 3 aliphatic rings. The maximum Gasteiger partial charge on any atom is 0.326 e. The molecule has 12 nitrogen and oxygen atoms in total. The summed E-state index contributed by atoms with van der Waals surface area (Å²) in [5.74, 6) is -2.95. The Labute approximate surface area is 306 Å². The van der Waals surface area contributed by atoms with E-state index >= 15 is 0 Å². The second kappa shape index (κ2) is 16.9. The molecular formula is C38H58N4O8S. The third kappa shape index (κ3) is 9.91. The van der Waals surface area contributed by atoms with Crippen LogP contribution in [-0.4, -0.2) is 86.9 Å². The molecule has 1 spiro atoms. The Morgan fingerprint density at radius 2 is 1.24 bits per heavy atom. The van der Waals surface area contributed by atoms with Crippen LogP contribution in [0.4, 0.5) is 0 Å². The maximum atomic E-state index is 13.7. The molecule has 3 aliphatic carbocycles. The molecule has 0 unspecified atom stereocenters. The Morgan fingerprint density at radius 1 is 0.784 bits per heavy atom. The van der Waals surface area contributed by atoms with Gasteiger partial charge in [-0.3, -0.25) is 24.0 Å². The molecule has 51 heavy (non-hydrogen) atoms. The fourth-order valence-electron chi connectivity index (χ4n) is 7.22. The summed E-state index contributed by atoms with van der Waals surface area (Å²) >= 11 is 1.42. The Hall–Kier alpha value is -3.45. The molecule has 0 aliphatic heterocycles. The number of aliphatic carboxylic acids is 1. The third-order valence-corrected chi connectivity index (χ3v) is 11.2. The van der Waals surface area contributed by atoms with Gasteiger partial charge in [0.25, 0.3) is 0 Å². The molecule has 13 heteroatoms. The predicted molar refractivity (Wildman–Crippen MR) is 198 cm³/mol. The van der Waals surface area contributed by atoms with E-state index in [1.165, 1.54) is 18.7 Å². The van der Waals surface area contributed by atoms with Crippen molar-refractivity contribution in [2.45, 2.75) is 131 Å². The summed E-state index contributed by atoms with van der Waals surface area (Å²) in [5, 5.41) is 31.7. The SMILES string of the molecule is CC(=O)N[C@@H](CSCC1=C(C)C=C2C(=O)[C@](C)(O)C3(CC3)C(C)=C21)C(=O)N[C@@H](CC(C)C)C(=O)N[C@@H](CC(C)C)C(=O)N[C@@H](CC(C)C)C(=O)O. The fourth-order valence-corrected chi connectivity index (χ4v) is 8.39. The highest BCUT2D eigenvalue weighted by atomic mass is 32.2. The number of carbonyl (C=O) groups excluding carboxylic acids is 5. The number of allylic oxidation sites excluding steroid dienone is 3. The van der Waals surface area contributed by atoms with Crippen LogP contribution in [0.1, 0.15) is 101 Å². The van der Waals surface area contributed by atoms with Crippen LogP contribution >= 0.6 is 11.8 Å². The number of nitrogens with one attached hydrogen (secondary N) is 4. The zero-order valence-corrected chi connectivity index (χ0v) is 32.6. The van der Waals surface area contributed by atoms with Gasteiger partial charge in [-0.25, -0.2) is 4.79 Å². The summed E-state index contributed by atoms with van der Waals surface area (Å²) in [7, 11) is 0. The normalized spacial score (nSPS) is 21.7. The summed E-state index contributed by atoms with van der Waals surface area (Å²) in [6.45, 7) is 18.1. The van der Waals surface area contributed by atoms with E-state index in [2.05, 4.69) is 21.3 Å². The highest BCUT2D eigenvalue weighted by molar-refractivity contribution is 7.99. The van der Waals surface area contributed by atoms with Crippen molar-refractivity contribution in [2.24, 2.45) is 23.2 Å². The van der Waals surface area contributed by atoms with E-state index in [0.717, 1.165) is 35.1 Å².